The zero-order valence-electron chi connectivity index (χ0n) is 13.4. The minimum Gasteiger partial charge on any atom is -0.483 e. The van der Waals surface area contributed by atoms with Gasteiger partial charge in [0.15, 0.2) is 6.61 Å². The van der Waals surface area contributed by atoms with Crippen LogP contribution in [-0.4, -0.2) is 25.6 Å². The van der Waals surface area contributed by atoms with E-state index in [4.69, 9.17) is 4.74 Å². The Bertz CT molecular complexity index is 725. The molecular formula is C18H19NO4. The van der Waals surface area contributed by atoms with Gasteiger partial charge in [-0.15, -0.1) is 0 Å². The molecule has 2 rings (SSSR count). The van der Waals surface area contributed by atoms with Gasteiger partial charge in [0.2, 0.25) is 0 Å². The zero-order valence-corrected chi connectivity index (χ0v) is 13.4. The van der Waals surface area contributed by atoms with Gasteiger partial charge in [0.25, 0.3) is 5.91 Å². The van der Waals surface area contributed by atoms with Gasteiger partial charge in [0.1, 0.15) is 5.75 Å². The molecule has 0 aromatic heterocycles. The van der Waals surface area contributed by atoms with Crippen LogP contribution in [0.2, 0.25) is 0 Å². The molecule has 0 aliphatic heterocycles. The highest BCUT2D eigenvalue weighted by molar-refractivity contribution is 5.95. The molecule has 0 fully saturated rings. The van der Waals surface area contributed by atoms with Crippen molar-refractivity contribution in [1.82, 2.24) is 0 Å². The highest BCUT2D eigenvalue weighted by atomic mass is 16.5. The van der Waals surface area contributed by atoms with E-state index >= 15 is 0 Å². The minimum absolute atomic E-state index is 0.104. The SMILES string of the molecule is COC(=O)c1cccc(NC(=O)COc2cc(C)ccc2C)c1. The number of methoxy groups -OCH3 is 1. The summed E-state index contributed by atoms with van der Waals surface area (Å²) in [5.41, 5.74) is 2.93. The van der Waals surface area contributed by atoms with Crippen LogP contribution < -0.4 is 10.1 Å². The molecular weight excluding hydrogens is 294 g/mol. The van der Waals surface area contributed by atoms with Gasteiger partial charge in [-0.1, -0.05) is 18.2 Å². The van der Waals surface area contributed by atoms with E-state index in [2.05, 4.69) is 10.1 Å². The molecule has 23 heavy (non-hydrogen) atoms. The molecule has 0 aliphatic rings. The maximum atomic E-state index is 12.0. The van der Waals surface area contributed by atoms with Crippen molar-refractivity contribution in [3.05, 3.63) is 59.2 Å². The van der Waals surface area contributed by atoms with Crippen molar-refractivity contribution in [2.45, 2.75) is 13.8 Å². The van der Waals surface area contributed by atoms with Crippen LogP contribution in [0.25, 0.3) is 0 Å². The molecule has 0 bridgehead atoms. The third kappa shape index (κ3) is 4.57. The molecule has 0 atom stereocenters. The summed E-state index contributed by atoms with van der Waals surface area (Å²) in [5, 5.41) is 2.69. The largest absolute Gasteiger partial charge is 0.483 e. The van der Waals surface area contributed by atoms with Crippen molar-refractivity contribution < 1.29 is 19.1 Å². The Labute approximate surface area is 135 Å². The van der Waals surface area contributed by atoms with E-state index in [1.807, 2.05) is 32.0 Å². The number of esters is 1. The number of aryl methyl sites for hydroxylation is 2. The molecule has 0 saturated carbocycles. The highest BCUT2D eigenvalue weighted by Crippen LogP contribution is 2.19. The monoisotopic (exact) mass is 313 g/mol. The third-order valence-corrected chi connectivity index (χ3v) is 3.27. The number of hydrogen-bond acceptors (Lipinski definition) is 4. The summed E-state index contributed by atoms with van der Waals surface area (Å²) in [5.74, 6) is -0.0656. The number of benzene rings is 2. The smallest absolute Gasteiger partial charge is 0.337 e. The average molecular weight is 313 g/mol. The van der Waals surface area contributed by atoms with Gasteiger partial charge in [-0.05, 0) is 49.2 Å². The van der Waals surface area contributed by atoms with Crippen molar-refractivity contribution in [3.8, 4) is 5.75 Å². The van der Waals surface area contributed by atoms with Gasteiger partial charge < -0.3 is 14.8 Å². The molecule has 2 aromatic carbocycles. The molecule has 0 spiro atoms. The van der Waals surface area contributed by atoms with Crippen molar-refractivity contribution in [3.63, 3.8) is 0 Å². The first-order valence-corrected chi connectivity index (χ1v) is 7.18. The first-order chi connectivity index (χ1) is 11.0. The topological polar surface area (TPSA) is 64.6 Å². The van der Waals surface area contributed by atoms with Crippen LogP contribution >= 0.6 is 0 Å². The van der Waals surface area contributed by atoms with Crippen molar-refractivity contribution in [2.75, 3.05) is 19.0 Å². The van der Waals surface area contributed by atoms with E-state index in [1.54, 1.807) is 24.3 Å². The summed E-state index contributed by atoms with van der Waals surface area (Å²) in [4.78, 5) is 23.5. The van der Waals surface area contributed by atoms with Crippen molar-refractivity contribution >= 4 is 17.6 Å². The lowest BCUT2D eigenvalue weighted by atomic mass is 10.1. The Balaban J connectivity index is 1.97. The van der Waals surface area contributed by atoms with Crippen LogP contribution in [0.4, 0.5) is 5.69 Å². The van der Waals surface area contributed by atoms with Gasteiger partial charge in [0.05, 0.1) is 12.7 Å². The predicted molar refractivity (Wildman–Crippen MR) is 87.8 cm³/mol. The number of nitrogens with one attached hydrogen (secondary N) is 1. The van der Waals surface area contributed by atoms with Crippen LogP contribution in [0.1, 0.15) is 21.5 Å². The summed E-state index contributed by atoms with van der Waals surface area (Å²) in [6.45, 7) is 3.78. The number of hydrogen-bond donors (Lipinski definition) is 1. The van der Waals surface area contributed by atoms with Crippen molar-refractivity contribution in [1.29, 1.82) is 0 Å². The van der Waals surface area contributed by atoms with Gasteiger partial charge >= 0.3 is 5.97 Å². The highest BCUT2D eigenvalue weighted by Gasteiger charge is 2.09. The minimum atomic E-state index is -0.451. The molecule has 2 aromatic rings. The first kappa shape index (κ1) is 16.5. The molecule has 0 aliphatic carbocycles. The summed E-state index contributed by atoms with van der Waals surface area (Å²) in [6.07, 6.45) is 0. The Morgan fingerprint density at radius 3 is 2.61 bits per heavy atom. The molecule has 0 heterocycles. The number of anilines is 1. The van der Waals surface area contributed by atoms with E-state index in [9.17, 15) is 9.59 Å². The molecule has 1 amide bonds. The lowest BCUT2D eigenvalue weighted by Gasteiger charge is -2.10. The number of carbonyl (C=O) groups excluding carboxylic acids is 2. The van der Waals surface area contributed by atoms with Crippen LogP contribution in [0.5, 0.6) is 5.75 Å². The maximum absolute atomic E-state index is 12.0. The van der Waals surface area contributed by atoms with Crippen LogP contribution in [-0.2, 0) is 9.53 Å². The Kier molecular flexibility index (Phi) is 5.36. The molecule has 5 nitrogen and oxygen atoms in total. The lowest BCUT2D eigenvalue weighted by Crippen LogP contribution is -2.20. The normalized spacial score (nSPS) is 10.0. The molecule has 5 heteroatoms. The third-order valence-electron chi connectivity index (χ3n) is 3.27. The standard InChI is InChI=1S/C18H19NO4/c1-12-7-8-13(2)16(9-12)23-11-17(20)19-15-6-4-5-14(10-15)18(21)22-3/h4-10H,11H2,1-3H3,(H,19,20). The van der Waals surface area contributed by atoms with Gasteiger partial charge in [-0.25, -0.2) is 4.79 Å². The van der Waals surface area contributed by atoms with Gasteiger partial charge in [0, 0.05) is 5.69 Å². The van der Waals surface area contributed by atoms with E-state index in [0.717, 1.165) is 11.1 Å². The molecule has 1 N–H and O–H groups in total. The van der Waals surface area contributed by atoms with Gasteiger partial charge in [-0.3, -0.25) is 4.79 Å². The Morgan fingerprint density at radius 2 is 1.87 bits per heavy atom. The second kappa shape index (κ2) is 7.45. The fraction of sp³-hybridized carbons (Fsp3) is 0.222. The van der Waals surface area contributed by atoms with Gasteiger partial charge in [-0.2, -0.15) is 0 Å². The summed E-state index contributed by atoms with van der Waals surface area (Å²) in [6, 6.07) is 12.4. The molecule has 120 valence electrons. The van der Waals surface area contributed by atoms with E-state index in [-0.39, 0.29) is 12.5 Å². The molecule has 0 radical (unpaired) electrons. The fourth-order valence-electron chi connectivity index (χ4n) is 2.04. The first-order valence-electron chi connectivity index (χ1n) is 7.18. The van der Waals surface area contributed by atoms with Crippen LogP contribution in [0.3, 0.4) is 0 Å². The number of ether oxygens (including phenoxy) is 2. The van der Waals surface area contributed by atoms with E-state index in [1.165, 1.54) is 7.11 Å². The summed E-state index contributed by atoms with van der Waals surface area (Å²) in [7, 11) is 1.31. The average Bonchev–Trinajstić information content (AvgIpc) is 2.55. The van der Waals surface area contributed by atoms with E-state index in [0.29, 0.717) is 17.0 Å². The zero-order chi connectivity index (χ0) is 16.8. The predicted octanol–water partition coefficient (Wildman–Crippen LogP) is 3.11. The molecule has 0 unspecified atom stereocenters. The second-order valence-corrected chi connectivity index (χ2v) is 5.18. The second-order valence-electron chi connectivity index (χ2n) is 5.18. The van der Waals surface area contributed by atoms with Crippen LogP contribution in [0, 0.1) is 13.8 Å². The quantitative estimate of drug-likeness (QED) is 0.861. The number of carbonyl (C=O) groups is 2. The Hall–Kier alpha value is -2.82. The maximum Gasteiger partial charge on any atom is 0.337 e. The fourth-order valence-corrected chi connectivity index (χ4v) is 2.04. The molecule has 0 saturated heterocycles. The number of amides is 1. The summed E-state index contributed by atoms with van der Waals surface area (Å²) >= 11 is 0. The van der Waals surface area contributed by atoms with Crippen LogP contribution in [0.15, 0.2) is 42.5 Å². The van der Waals surface area contributed by atoms with Crippen molar-refractivity contribution in [2.24, 2.45) is 0 Å². The van der Waals surface area contributed by atoms with E-state index < -0.39 is 5.97 Å². The summed E-state index contributed by atoms with van der Waals surface area (Å²) < 4.78 is 10.2. The lowest BCUT2D eigenvalue weighted by molar-refractivity contribution is -0.118. The number of rotatable bonds is 5. The Morgan fingerprint density at radius 1 is 1.09 bits per heavy atom.